The van der Waals surface area contributed by atoms with Crippen LogP contribution >= 0.6 is 0 Å². The van der Waals surface area contributed by atoms with Gasteiger partial charge < -0.3 is 15.0 Å². The molecule has 1 aromatic rings. The maximum atomic E-state index is 12.1. The average Bonchev–Trinajstić information content (AvgIpc) is 2.88. The molecule has 1 aliphatic rings. The monoisotopic (exact) mass is 322 g/mol. The molecule has 0 spiro atoms. The average molecular weight is 322 g/mol. The lowest BCUT2D eigenvalue weighted by Gasteiger charge is -2.34. The quantitative estimate of drug-likeness (QED) is 0.924. The highest BCUT2D eigenvalue weighted by atomic mass is 16.6. The molecule has 1 aromatic heterocycles. The predicted octanol–water partition coefficient (Wildman–Crippen LogP) is 3.28. The van der Waals surface area contributed by atoms with Crippen molar-refractivity contribution in [3.63, 3.8) is 0 Å². The van der Waals surface area contributed by atoms with E-state index in [4.69, 9.17) is 4.74 Å². The van der Waals surface area contributed by atoms with Crippen LogP contribution < -0.4 is 5.32 Å². The van der Waals surface area contributed by atoms with Gasteiger partial charge in [0.25, 0.3) is 0 Å². The van der Waals surface area contributed by atoms with Gasteiger partial charge in [0.2, 0.25) is 0 Å². The Kier molecular flexibility index (Phi) is 5.55. The van der Waals surface area contributed by atoms with Crippen LogP contribution in [0, 0.1) is 0 Å². The number of aryl methyl sites for hydroxylation is 2. The topological polar surface area (TPSA) is 59.4 Å². The van der Waals surface area contributed by atoms with E-state index in [1.165, 1.54) is 0 Å². The number of carbonyl (C=O) groups excluding carboxylic acids is 1. The van der Waals surface area contributed by atoms with E-state index in [0.29, 0.717) is 6.04 Å². The number of amides is 1. The minimum absolute atomic E-state index is 0.205. The number of piperidine rings is 1. The first-order chi connectivity index (χ1) is 10.8. The Hall–Kier alpha value is -1.72. The summed E-state index contributed by atoms with van der Waals surface area (Å²) < 4.78 is 7.41. The summed E-state index contributed by atoms with van der Waals surface area (Å²) in [5.41, 5.74) is 1.81. The molecule has 0 unspecified atom stereocenters. The number of nitrogens with one attached hydrogen (secondary N) is 1. The van der Waals surface area contributed by atoms with Crippen molar-refractivity contribution in [3.05, 3.63) is 11.9 Å². The second-order valence-electron chi connectivity index (χ2n) is 7.08. The van der Waals surface area contributed by atoms with Gasteiger partial charge in [-0.05, 0) is 47.0 Å². The molecule has 0 saturated carbocycles. The fourth-order valence-corrected chi connectivity index (χ4v) is 2.76. The highest BCUT2D eigenvalue weighted by Crippen LogP contribution is 2.21. The molecule has 6 nitrogen and oxygen atoms in total. The third-order valence-electron chi connectivity index (χ3n) is 4.00. The van der Waals surface area contributed by atoms with E-state index in [2.05, 4.69) is 30.5 Å². The van der Waals surface area contributed by atoms with Crippen LogP contribution in [0.2, 0.25) is 0 Å². The molecule has 0 bridgehead atoms. The number of rotatable bonds is 4. The Balaban J connectivity index is 1.87. The third kappa shape index (κ3) is 4.88. The number of anilines is 1. The first-order valence-corrected chi connectivity index (χ1v) is 8.63. The summed E-state index contributed by atoms with van der Waals surface area (Å²) in [6.07, 6.45) is 4.66. The standard InChI is InChI=1S/C17H30N4O2/c1-6-14-15(12-21(7-2)19-14)18-13-8-10-20(11-9-13)16(22)23-17(3,4)5/h12-13,18H,6-11H2,1-5H3. The van der Waals surface area contributed by atoms with Gasteiger partial charge in [-0.3, -0.25) is 4.68 Å². The van der Waals surface area contributed by atoms with Gasteiger partial charge in [0.1, 0.15) is 5.60 Å². The first kappa shape index (κ1) is 17.6. The Bertz CT molecular complexity index is 525. The summed E-state index contributed by atoms with van der Waals surface area (Å²) >= 11 is 0. The van der Waals surface area contributed by atoms with Crippen LogP contribution in [0.4, 0.5) is 10.5 Å². The van der Waals surface area contributed by atoms with Crippen molar-refractivity contribution < 1.29 is 9.53 Å². The molecule has 1 fully saturated rings. The van der Waals surface area contributed by atoms with Crippen LogP contribution in [0.15, 0.2) is 6.20 Å². The maximum Gasteiger partial charge on any atom is 0.410 e. The molecule has 1 N–H and O–H groups in total. The normalized spacial score (nSPS) is 16.5. The molecular weight excluding hydrogens is 292 g/mol. The lowest BCUT2D eigenvalue weighted by Crippen LogP contribution is -2.44. The Morgan fingerprint density at radius 3 is 2.52 bits per heavy atom. The van der Waals surface area contributed by atoms with Crippen molar-refractivity contribution in [3.8, 4) is 0 Å². The minimum atomic E-state index is -0.434. The lowest BCUT2D eigenvalue weighted by molar-refractivity contribution is 0.0210. The van der Waals surface area contributed by atoms with Gasteiger partial charge in [-0.2, -0.15) is 5.10 Å². The summed E-state index contributed by atoms with van der Waals surface area (Å²) in [7, 11) is 0. The number of likely N-dealkylation sites (tertiary alicyclic amines) is 1. The number of carbonyl (C=O) groups is 1. The first-order valence-electron chi connectivity index (χ1n) is 8.63. The molecule has 0 radical (unpaired) electrons. The van der Waals surface area contributed by atoms with Crippen LogP contribution in [-0.2, 0) is 17.7 Å². The fraction of sp³-hybridized carbons (Fsp3) is 0.765. The summed E-state index contributed by atoms with van der Waals surface area (Å²) in [5, 5.41) is 8.17. The van der Waals surface area contributed by atoms with E-state index >= 15 is 0 Å². The second kappa shape index (κ2) is 7.23. The van der Waals surface area contributed by atoms with Gasteiger partial charge in [-0.15, -0.1) is 0 Å². The zero-order valence-electron chi connectivity index (χ0n) is 15.1. The summed E-state index contributed by atoms with van der Waals surface area (Å²) in [4.78, 5) is 13.9. The van der Waals surface area contributed by atoms with E-state index in [1.807, 2.05) is 25.5 Å². The summed E-state index contributed by atoms with van der Waals surface area (Å²) in [5.74, 6) is 0. The van der Waals surface area contributed by atoms with Crippen LogP contribution in [0.1, 0.15) is 53.2 Å². The van der Waals surface area contributed by atoms with Crippen LogP contribution in [-0.4, -0.2) is 45.5 Å². The molecular formula is C17H30N4O2. The minimum Gasteiger partial charge on any atom is -0.444 e. The van der Waals surface area contributed by atoms with E-state index in [-0.39, 0.29) is 6.09 Å². The van der Waals surface area contributed by atoms with Gasteiger partial charge >= 0.3 is 6.09 Å². The van der Waals surface area contributed by atoms with Gasteiger partial charge in [-0.25, -0.2) is 4.79 Å². The zero-order chi connectivity index (χ0) is 17.0. The number of hydrogen-bond acceptors (Lipinski definition) is 4. The molecule has 1 aliphatic heterocycles. The van der Waals surface area contributed by atoms with Gasteiger partial charge in [0.15, 0.2) is 0 Å². The number of nitrogens with zero attached hydrogens (tertiary/aromatic N) is 3. The fourth-order valence-electron chi connectivity index (χ4n) is 2.76. The Labute approximate surface area is 139 Å². The predicted molar refractivity (Wildman–Crippen MR) is 91.7 cm³/mol. The third-order valence-corrected chi connectivity index (χ3v) is 4.00. The highest BCUT2D eigenvalue weighted by molar-refractivity contribution is 5.68. The zero-order valence-corrected chi connectivity index (χ0v) is 15.1. The van der Waals surface area contributed by atoms with Crippen molar-refractivity contribution in [2.24, 2.45) is 0 Å². The van der Waals surface area contributed by atoms with E-state index in [9.17, 15) is 4.79 Å². The molecule has 2 rings (SSSR count). The van der Waals surface area contributed by atoms with Crippen molar-refractivity contribution in [1.29, 1.82) is 0 Å². The van der Waals surface area contributed by atoms with E-state index < -0.39 is 5.60 Å². The molecule has 0 aromatic carbocycles. The smallest absolute Gasteiger partial charge is 0.410 e. The molecule has 23 heavy (non-hydrogen) atoms. The van der Waals surface area contributed by atoms with Gasteiger partial charge in [-0.1, -0.05) is 6.92 Å². The molecule has 130 valence electrons. The van der Waals surface area contributed by atoms with E-state index in [1.54, 1.807) is 4.90 Å². The Morgan fingerprint density at radius 1 is 1.35 bits per heavy atom. The number of aromatic nitrogens is 2. The molecule has 0 atom stereocenters. The molecule has 1 amide bonds. The largest absolute Gasteiger partial charge is 0.444 e. The van der Waals surface area contributed by atoms with Crippen molar-refractivity contribution >= 4 is 11.8 Å². The number of ether oxygens (including phenoxy) is 1. The highest BCUT2D eigenvalue weighted by Gasteiger charge is 2.27. The molecule has 6 heteroatoms. The molecule has 2 heterocycles. The molecule has 0 aliphatic carbocycles. The van der Waals surface area contributed by atoms with Crippen molar-refractivity contribution in [1.82, 2.24) is 14.7 Å². The summed E-state index contributed by atoms with van der Waals surface area (Å²) in [6.45, 7) is 12.3. The lowest BCUT2D eigenvalue weighted by atomic mass is 10.0. The SMILES string of the molecule is CCc1nn(CC)cc1NC1CCN(C(=O)OC(C)(C)C)CC1. The van der Waals surface area contributed by atoms with Crippen LogP contribution in [0.25, 0.3) is 0 Å². The molecule has 1 saturated heterocycles. The summed E-state index contributed by atoms with van der Waals surface area (Å²) in [6, 6.07) is 0.383. The van der Waals surface area contributed by atoms with Gasteiger partial charge in [0.05, 0.1) is 11.4 Å². The second-order valence-corrected chi connectivity index (χ2v) is 7.08. The maximum absolute atomic E-state index is 12.1. The Morgan fingerprint density at radius 2 is 2.00 bits per heavy atom. The van der Waals surface area contributed by atoms with Crippen LogP contribution in [0.3, 0.4) is 0 Å². The van der Waals surface area contributed by atoms with Crippen molar-refractivity contribution in [2.45, 2.75) is 72.1 Å². The van der Waals surface area contributed by atoms with E-state index in [0.717, 1.165) is 50.3 Å². The van der Waals surface area contributed by atoms with Crippen LogP contribution in [0.5, 0.6) is 0 Å². The van der Waals surface area contributed by atoms with Crippen molar-refractivity contribution in [2.75, 3.05) is 18.4 Å². The van der Waals surface area contributed by atoms with Gasteiger partial charge in [0, 0.05) is 31.9 Å². The number of hydrogen-bond donors (Lipinski definition) is 1.